The Labute approximate surface area is 183 Å². The van der Waals surface area contributed by atoms with Crippen LogP contribution in [0.2, 0.25) is 0 Å². The second kappa shape index (κ2) is 8.81. The molecule has 0 aliphatic rings. The first-order valence-electron chi connectivity index (χ1n) is 9.44. The van der Waals surface area contributed by atoms with Crippen LogP contribution in [0.15, 0.2) is 47.6 Å². The van der Waals surface area contributed by atoms with E-state index in [4.69, 9.17) is 14.2 Å². The molecule has 0 aliphatic carbocycles. The molecule has 0 saturated heterocycles. The van der Waals surface area contributed by atoms with Crippen molar-refractivity contribution in [2.75, 3.05) is 21.3 Å². The van der Waals surface area contributed by atoms with E-state index in [1.165, 1.54) is 23.9 Å². The van der Waals surface area contributed by atoms with Crippen LogP contribution >= 0.6 is 11.8 Å². The molecule has 160 valence electrons. The zero-order valence-electron chi connectivity index (χ0n) is 17.5. The maximum absolute atomic E-state index is 13.1. The SMILES string of the molecule is COc1cc(OC)c(-c2cc(C)nc3nc(SCc4ccc(F)cc4)nn23)c(OC)c1. The smallest absolute Gasteiger partial charge is 0.253 e. The van der Waals surface area contributed by atoms with Gasteiger partial charge in [-0.1, -0.05) is 23.9 Å². The van der Waals surface area contributed by atoms with Crippen molar-refractivity contribution in [1.82, 2.24) is 19.6 Å². The van der Waals surface area contributed by atoms with Gasteiger partial charge in [0.25, 0.3) is 5.78 Å². The lowest BCUT2D eigenvalue weighted by atomic mass is 10.1. The van der Waals surface area contributed by atoms with Crippen molar-refractivity contribution in [3.8, 4) is 28.5 Å². The van der Waals surface area contributed by atoms with Gasteiger partial charge in [0.05, 0.1) is 32.6 Å². The number of thioether (sulfide) groups is 1. The Bertz CT molecular complexity index is 1200. The van der Waals surface area contributed by atoms with E-state index >= 15 is 0 Å². The van der Waals surface area contributed by atoms with Gasteiger partial charge >= 0.3 is 0 Å². The van der Waals surface area contributed by atoms with Crippen molar-refractivity contribution < 1.29 is 18.6 Å². The van der Waals surface area contributed by atoms with Crippen molar-refractivity contribution in [3.05, 3.63) is 59.5 Å². The zero-order valence-corrected chi connectivity index (χ0v) is 18.4. The lowest BCUT2D eigenvalue weighted by molar-refractivity contribution is 0.377. The maximum atomic E-state index is 13.1. The van der Waals surface area contributed by atoms with Crippen LogP contribution in [0.3, 0.4) is 0 Å². The molecule has 0 spiro atoms. The monoisotopic (exact) mass is 440 g/mol. The van der Waals surface area contributed by atoms with Gasteiger partial charge in [-0.2, -0.15) is 9.50 Å². The van der Waals surface area contributed by atoms with E-state index in [9.17, 15) is 4.39 Å². The summed E-state index contributed by atoms with van der Waals surface area (Å²) in [7, 11) is 4.77. The standard InChI is InChI=1S/C22H21FN4O3S/c1-13-9-17(20-18(29-3)10-16(28-2)11-19(20)30-4)27-21(24-13)25-22(26-27)31-12-14-5-7-15(23)8-6-14/h5-11H,12H2,1-4H3. The summed E-state index contributed by atoms with van der Waals surface area (Å²) in [5.41, 5.74) is 3.22. The quantitative estimate of drug-likeness (QED) is 0.390. The Morgan fingerprint density at radius 1 is 0.935 bits per heavy atom. The Kier molecular flexibility index (Phi) is 5.94. The molecule has 0 unspecified atom stereocenters. The van der Waals surface area contributed by atoms with Gasteiger partial charge in [-0.25, -0.2) is 9.37 Å². The molecule has 31 heavy (non-hydrogen) atoms. The number of aromatic nitrogens is 4. The Balaban J connectivity index is 1.78. The average molecular weight is 441 g/mol. The van der Waals surface area contributed by atoms with Crippen LogP contribution in [0, 0.1) is 12.7 Å². The molecule has 7 nitrogen and oxygen atoms in total. The molecule has 9 heteroatoms. The molecule has 2 heterocycles. The second-order valence-corrected chi connectivity index (χ2v) is 7.65. The molecule has 0 fully saturated rings. The minimum absolute atomic E-state index is 0.258. The first-order chi connectivity index (χ1) is 15.0. The molecule has 0 radical (unpaired) electrons. The van der Waals surface area contributed by atoms with Gasteiger partial charge in [0, 0.05) is 23.6 Å². The van der Waals surface area contributed by atoms with Gasteiger partial charge in [0.1, 0.15) is 23.1 Å². The van der Waals surface area contributed by atoms with Gasteiger partial charge in [0.15, 0.2) is 0 Å². The topological polar surface area (TPSA) is 70.8 Å². The summed E-state index contributed by atoms with van der Waals surface area (Å²) in [6, 6.07) is 11.9. The highest BCUT2D eigenvalue weighted by atomic mass is 32.2. The highest BCUT2D eigenvalue weighted by Crippen LogP contribution is 2.42. The predicted octanol–water partition coefficient (Wildman–Crippen LogP) is 4.56. The Hall–Kier alpha value is -3.33. The van der Waals surface area contributed by atoms with E-state index in [0.29, 0.717) is 33.9 Å². The first-order valence-corrected chi connectivity index (χ1v) is 10.4. The zero-order chi connectivity index (χ0) is 22.0. The molecule has 0 aliphatic heterocycles. The number of aryl methyl sites for hydroxylation is 1. The average Bonchev–Trinajstić information content (AvgIpc) is 3.19. The van der Waals surface area contributed by atoms with Crippen LogP contribution in [-0.4, -0.2) is 40.9 Å². The van der Waals surface area contributed by atoms with Gasteiger partial charge in [-0.3, -0.25) is 0 Å². The van der Waals surface area contributed by atoms with Gasteiger partial charge < -0.3 is 14.2 Å². The van der Waals surface area contributed by atoms with Gasteiger partial charge in [-0.15, -0.1) is 5.10 Å². The summed E-state index contributed by atoms with van der Waals surface area (Å²) in [6.45, 7) is 1.89. The fourth-order valence-corrected chi connectivity index (χ4v) is 3.97. The number of nitrogens with zero attached hydrogens (tertiary/aromatic N) is 4. The fourth-order valence-electron chi connectivity index (χ4n) is 3.19. The molecule has 0 bridgehead atoms. The minimum Gasteiger partial charge on any atom is -0.496 e. The van der Waals surface area contributed by atoms with Gasteiger partial charge in [-0.05, 0) is 30.7 Å². The predicted molar refractivity (Wildman–Crippen MR) is 117 cm³/mol. The summed E-state index contributed by atoms with van der Waals surface area (Å²) >= 11 is 1.45. The number of halogens is 1. The van der Waals surface area contributed by atoms with Crippen LogP contribution in [0.5, 0.6) is 17.2 Å². The third-order valence-electron chi connectivity index (χ3n) is 4.67. The molecular weight excluding hydrogens is 419 g/mol. The van der Waals surface area contributed by atoms with Crippen LogP contribution in [0.4, 0.5) is 4.39 Å². The number of hydrogen-bond donors (Lipinski definition) is 0. The molecule has 0 N–H and O–H groups in total. The molecule has 4 rings (SSSR count). The Morgan fingerprint density at radius 2 is 1.61 bits per heavy atom. The van der Waals surface area contributed by atoms with Gasteiger partial charge in [0.2, 0.25) is 5.16 Å². The number of fused-ring (bicyclic) bond motifs is 1. The fraction of sp³-hybridized carbons (Fsp3) is 0.227. The van der Waals surface area contributed by atoms with E-state index < -0.39 is 0 Å². The van der Waals surface area contributed by atoms with Crippen LogP contribution in [0.25, 0.3) is 17.0 Å². The largest absolute Gasteiger partial charge is 0.496 e. The number of hydrogen-bond acceptors (Lipinski definition) is 7. The second-order valence-electron chi connectivity index (χ2n) is 6.71. The highest BCUT2D eigenvalue weighted by molar-refractivity contribution is 7.98. The van der Waals surface area contributed by atoms with E-state index in [2.05, 4.69) is 15.1 Å². The van der Waals surface area contributed by atoms with Crippen LogP contribution < -0.4 is 14.2 Å². The summed E-state index contributed by atoms with van der Waals surface area (Å²) in [4.78, 5) is 9.07. The van der Waals surface area contributed by atoms with Crippen molar-refractivity contribution in [2.24, 2.45) is 0 Å². The third-order valence-corrected chi connectivity index (χ3v) is 5.58. The van der Waals surface area contributed by atoms with Crippen molar-refractivity contribution >= 4 is 17.5 Å². The van der Waals surface area contributed by atoms with Crippen LogP contribution in [-0.2, 0) is 5.75 Å². The molecule has 0 amide bonds. The maximum Gasteiger partial charge on any atom is 0.253 e. The van der Waals surface area contributed by atoms with E-state index in [1.54, 1.807) is 50.1 Å². The van der Waals surface area contributed by atoms with E-state index in [-0.39, 0.29) is 5.82 Å². The molecule has 4 aromatic rings. The lowest BCUT2D eigenvalue weighted by Gasteiger charge is -2.16. The normalized spacial score (nSPS) is 11.0. The number of rotatable bonds is 7. The summed E-state index contributed by atoms with van der Waals surface area (Å²) < 4.78 is 31.4. The molecule has 0 saturated carbocycles. The molecule has 2 aromatic heterocycles. The first kappa shape index (κ1) is 20.9. The highest BCUT2D eigenvalue weighted by Gasteiger charge is 2.20. The van der Waals surface area contributed by atoms with Crippen molar-refractivity contribution in [1.29, 1.82) is 0 Å². The number of benzene rings is 2. The number of methoxy groups -OCH3 is 3. The number of ether oxygens (including phenoxy) is 3. The summed E-state index contributed by atoms with van der Waals surface area (Å²) in [6.07, 6.45) is 0. The third kappa shape index (κ3) is 4.27. The van der Waals surface area contributed by atoms with Crippen molar-refractivity contribution in [2.45, 2.75) is 17.8 Å². The lowest BCUT2D eigenvalue weighted by Crippen LogP contribution is -2.02. The van der Waals surface area contributed by atoms with E-state index in [0.717, 1.165) is 22.5 Å². The molecular formula is C22H21FN4O3S. The molecule has 2 aromatic carbocycles. The summed E-state index contributed by atoms with van der Waals surface area (Å²) in [5, 5.41) is 5.21. The molecule has 0 atom stereocenters. The van der Waals surface area contributed by atoms with Crippen molar-refractivity contribution in [3.63, 3.8) is 0 Å². The Morgan fingerprint density at radius 3 is 2.23 bits per heavy atom. The van der Waals surface area contributed by atoms with Crippen LogP contribution in [0.1, 0.15) is 11.3 Å². The summed E-state index contributed by atoms with van der Waals surface area (Å²) in [5.74, 6) is 2.61. The van der Waals surface area contributed by atoms with E-state index in [1.807, 2.05) is 13.0 Å². The minimum atomic E-state index is -0.258.